The van der Waals surface area contributed by atoms with E-state index in [1.165, 1.54) is 62.5 Å². The highest BCUT2D eigenvalue weighted by molar-refractivity contribution is 5.44. The zero-order valence-corrected chi connectivity index (χ0v) is 19.4. The lowest BCUT2D eigenvalue weighted by atomic mass is 9.78. The first-order valence-corrected chi connectivity index (χ1v) is 12.4. The first-order valence-electron chi connectivity index (χ1n) is 12.4. The summed E-state index contributed by atoms with van der Waals surface area (Å²) in [4.78, 5) is 0. The Labute approximate surface area is 194 Å². The van der Waals surface area contributed by atoms with Crippen LogP contribution in [0, 0.1) is 23.7 Å². The molecular weight excluding hydrogens is 392 g/mol. The predicted molar refractivity (Wildman–Crippen MR) is 131 cm³/mol. The highest BCUT2D eigenvalue weighted by Gasteiger charge is 2.20. The standard InChI is InChI=1S/C30H36O2/c1-2-3-24-4-6-25(7-5-24)8-9-26-10-12-27(13-11-26)14-15-28-16-18-29(19-17-28)20-21-30-31-22-23-32-30/h10-13,16-19,22-25,30H,2-9,20-21H2,1H3. The third-order valence-electron chi connectivity index (χ3n) is 6.95. The maximum absolute atomic E-state index is 5.33. The summed E-state index contributed by atoms with van der Waals surface area (Å²) in [6.45, 7) is 2.32. The molecule has 2 aromatic rings. The maximum Gasteiger partial charge on any atom is 0.240 e. The highest BCUT2D eigenvalue weighted by Crippen LogP contribution is 2.33. The van der Waals surface area contributed by atoms with Gasteiger partial charge in [0.25, 0.3) is 0 Å². The van der Waals surface area contributed by atoms with E-state index in [4.69, 9.17) is 9.47 Å². The molecule has 1 fully saturated rings. The van der Waals surface area contributed by atoms with Crippen LogP contribution >= 0.6 is 0 Å². The van der Waals surface area contributed by atoms with Crippen LogP contribution in [0.1, 0.15) is 80.5 Å². The number of ether oxygens (including phenoxy) is 2. The number of rotatable bonds is 8. The van der Waals surface area contributed by atoms with Crippen LogP contribution in [0.5, 0.6) is 0 Å². The molecule has 2 aliphatic rings. The van der Waals surface area contributed by atoms with E-state index in [1.807, 2.05) is 0 Å². The van der Waals surface area contributed by atoms with Crippen LogP contribution in [0.2, 0.25) is 0 Å². The minimum Gasteiger partial charge on any atom is -0.459 e. The van der Waals surface area contributed by atoms with E-state index < -0.39 is 0 Å². The summed E-state index contributed by atoms with van der Waals surface area (Å²) in [6, 6.07) is 17.3. The molecule has 0 spiro atoms. The summed E-state index contributed by atoms with van der Waals surface area (Å²) >= 11 is 0. The normalized spacial score (nSPS) is 20.3. The Morgan fingerprint density at radius 3 is 1.62 bits per heavy atom. The fourth-order valence-corrected chi connectivity index (χ4v) is 4.93. The van der Waals surface area contributed by atoms with Crippen LogP contribution in [-0.2, 0) is 22.3 Å². The van der Waals surface area contributed by atoms with E-state index in [1.54, 1.807) is 12.5 Å². The van der Waals surface area contributed by atoms with Crippen molar-refractivity contribution in [3.8, 4) is 11.8 Å². The molecule has 1 saturated carbocycles. The summed E-state index contributed by atoms with van der Waals surface area (Å²) < 4.78 is 10.7. The van der Waals surface area contributed by atoms with Gasteiger partial charge in [-0.05, 0) is 66.5 Å². The van der Waals surface area contributed by atoms with Crippen molar-refractivity contribution in [1.29, 1.82) is 0 Å². The lowest BCUT2D eigenvalue weighted by molar-refractivity contribution is -0.0275. The second kappa shape index (κ2) is 11.8. The Morgan fingerprint density at radius 1 is 0.656 bits per heavy atom. The first-order chi connectivity index (χ1) is 15.8. The van der Waals surface area contributed by atoms with Gasteiger partial charge >= 0.3 is 0 Å². The molecule has 32 heavy (non-hydrogen) atoms. The van der Waals surface area contributed by atoms with Gasteiger partial charge in [0.1, 0.15) is 12.5 Å². The van der Waals surface area contributed by atoms with Gasteiger partial charge in [-0.15, -0.1) is 0 Å². The molecule has 0 radical (unpaired) electrons. The topological polar surface area (TPSA) is 18.5 Å². The average molecular weight is 429 g/mol. The third kappa shape index (κ3) is 6.92. The van der Waals surface area contributed by atoms with E-state index in [0.717, 1.165) is 35.8 Å². The Kier molecular flexibility index (Phi) is 8.32. The smallest absolute Gasteiger partial charge is 0.240 e. The van der Waals surface area contributed by atoms with Gasteiger partial charge in [0.2, 0.25) is 6.29 Å². The molecule has 0 N–H and O–H groups in total. The van der Waals surface area contributed by atoms with Crippen LogP contribution in [0.3, 0.4) is 0 Å². The minimum atomic E-state index is -0.141. The molecule has 2 nitrogen and oxygen atoms in total. The molecule has 1 aliphatic carbocycles. The predicted octanol–water partition coefficient (Wildman–Crippen LogP) is 7.40. The van der Waals surface area contributed by atoms with E-state index in [2.05, 4.69) is 67.3 Å². The molecular formula is C30H36O2. The molecule has 168 valence electrons. The van der Waals surface area contributed by atoms with Crippen molar-refractivity contribution in [3.63, 3.8) is 0 Å². The van der Waals surface area contributed by atoms with Gasteiger partial charge in [-0.3, -0.25) is 0 Å². The van der Waals surface area contributed by atoms with Crippen LogP contribution in [-0.4, -0.2) is 6.29 Å². The molecule has 0 unspecified atom stereocenters. The Hall–Kier alpha value is -2.66. The largest absolute Gasteiger partial charge is 0.459 e. The van der Waals surface area contributed by atoms with Gasteiger partial charge in [-0.2, -0.15) is 0 Å². The molecule has 2 aromatic carbocycles. The van der Waals surface area contributed by atoms with Crippen LogP contribution in [0.15, 0.2) is 61.1 Å². The molecule has 0 aromatic heterocycles. The SMILES string of the molecule is CCCC1CCC(CCc2ccc(C#Cc3ccc(CCC4OC=CO4)cc3)cc2)CC1. The van der Waals surface area contributed by atoms with Crippen molar-refractivity contribution in [2.45, 2.75) is 77.4 Å². The number of hydrogen-bond acceptors (Lipinski definition) is 2. The number of hydrogen-bond donors (Lipinski definition) is 0. The molecule has 2 heteroatoms. The summed E-state index contributed by atoms with van der Waals surface area (Å²) in [7, 11) is 0. The zero-order chi connectivity index (χ0) is 22.0. The van der Waals surface area contributed by atoms with Crippen molar-refractivity contribution >= 4 is 0 Å². The summed E-state index contributed by atoms with van der Waals surface area (Å²) in [5, 5.41) is 0. The van der Waals surface area contributed by atoms with E-state index >= 15 is 0 Å². The third-order valence-corrected chi connectivity index (χ3v) is 6.95. The van der Waals surface area contributed by atoms with Gasteiger partial charge in [0, 0.05) is 17.5 Å². The zero-order valence-electron chi connectivity index (χ0n) is 19.4. The van der Waals surface area contributed by atoms with E-state index in [0.29, 0.717) is 0 Å². The molecule has 0 bridgehead atoms. The summed E-state index contributed by atoms with van der Waals surface area (Å²) in [5.74, 6) is 8.54. The van der Waals surface area contributed by atoms with Crippen molar-refractivity contribution in [2.24, 2.45) is 11.8 Å². The van der Waals surface area contributed by atoms with Gasteiger partial charge in [-0.1, -0.05) is 81.6 Å². The Bertz CT molecular complexity index is 898. The summed E-state index contributed by atoms with van der Waals surface area (Å²) in [5.41, 5.74) is 4.85. The van der Waals surface area contributed by atoms with Gasteiger partial charge in [-0.25, -0.2) is 0 Å². The number of aryl methyl sites for hydroxylation is 2. The van der Waals surface area contributed by atoms with Crippen molar-refractivity contribution < 1.29 is 9.47 Å². The van der Waals surface area contributed by atoms with Gasteiger partial charge in [0.15, 0.2) is 0 Å². The molecule has 1 aliphatic heterocycles. The Balaban J connectivity index is 1.21. The quantitative estimate of drug-likeness (QED) is 0.408. The van der Waals surface area contributed by atoms with Crippen LogP contribution in [0.4, 0.5) is 0 Å². The lowest BCUT2D eigenvalue weighted by Crippen LogP contribution is -2.15. The average Bonchev–Trinajstić information content (AvgIpc) is 3.36. The maximum atomic E-state index is 5.33. The number of benzene rings is 2. The molecule has 4 rings (SSSR count). The Morgan fingerprint density at radius 2 is 1.12 bits per heavy atom. The molecule has 0 atom stereocenters. The van der Waals surface area contributed by atoms with Crippen LogP contribution < -0.4 is 0 Å². The van der Waals surface area contributed by atoms with E-state index in [9.17, 15) is 0 Å². The highest BCUT2D eigenvalue weighted by atomic mass is 16.7. The van der Waals surface area contributed by atoms with E-state index in [-0.39, 0.29) is 6.29 Å². The van der Waals surface area contributed by atoms with Crippen molar-refractivity contribution in [2.75, 3.05) is 0 Å². The minimum absolute atomic E-state index is 0.141. The molecule has 0 saturated heterocycles. The fraction of sp³-hybridized carbons (Fsp3) is 0.467. The lowest BCUT2D eigenvalue weighted by Gasteiger charge is -2.28. The summed E-state index contributed by atoms with van der Waals surface area (Å²) in [6.07, 6.45) is 16.0. The monoisotopic (exact) mass is 428 g/mol. The van der Waals surface area contributed by atoms with Crippen molar-refractivity contribution in [1.82, 2.24) is 0 Å². The fourth-order valence-electron chi connectivity index (χ4n) is 4.93. The van der Waals surface area contributed by atoms with Crippen molar-refractivity contribution in [3.05, 3.63) is 83.3 Å². The first kappa shape index (κ1) is 22.5. The van der Waals surface area contributed by atoms with Gasteiger partial charge in [0.05, 0.1) is 0 Å². The second-order valence-electron chi connectivity index (χ2n) is 9.37. The second-order valence-corrected chi connectivity index (χ2v) is 9.37. The van der Waals surface area contributed by atoms with Gasteiger partial charge < -0.3 is 9.47 Å². The van der Waals surface area contributed by atoms with Crippen LogP contribution in [0.25, 0.3) is 0 Å². The molecule has 1 heterocycles. The molecule has 0 amide bonds.